The highest BCUT2D eigenvalue weighted by atomic mass is 16.6. The highest BCUT2D eigenvalue weighted by molar-refractivity contribution is 5.43. The van der Waals surface area contributed by atoms with Gasteiger partial charge in [0.05, 0.1) is 6.61 Å². The quantitative estimate of drug-likeness (QED) is 0.698. The average Bonchev–Trinajstić information content (AvgIpc) is 2.47. The van der Waals surface area contributed by atoms with Crippen LogP contribution in [0, 0.1) is 0 Å². The molecule has 1 unspecified atom stereocenters. The summed E-state index contributed by atoms with van der Waals surface area (Å²) in [4.78, 5) is 4.63. The van der Waals surface area contributed by atoms with Crippen LogP contribution in [0.2, 0.25) is 0 Å². The number of nitrogens with two attached hydrogens (primary N) is 1. The van der Waals surface area contributed by atoms with E-state index in [9.17, 15) is 0 Å². The van der Waals surface area contributed by atoms with Crippen molar-refractivity contribution in [2.45, 2.75) is 26.1 Å². The Morgan fingerprint density at radius 2 is 2.46 bits per heavy atom. The minimum atomic E-state index is 0.272. The van der Waals surface area contributed by atoms with Gasteiger partial charge in [0.1, 0.15) is 11.9 Å². The summed E-state index contributed by atoms with van der Waals surface area (Å²) in [5.41, 5.74) is 2.37. The van der Waals surface area contributed by atoms with Crippen molar-refractivity contribution < 1.29 is 9.57 Å². The zero-order valence-electron chi connectivity index (χ0n) is 7.62. The molecule has 0 bridgehead atoms. The van der Waals surface area contributed by atoms with Crippen LogP contribution in [0.25, 0.3) is 0 Å². The second-order valence-electron chi connectivity index (χ2n) is 3.34. The van der Waals surface area contributed by atoms with E-state index < -0.39 is 0 Å². The van der Waals surface area contributed by atoms with E-state index in [0.717, 1.165) is 17.7 Å². The molecule has 3 nitrogen and oxygen atoms in total. The van der Waals surface area contributed by atoms with Gasteiger partial charge in [-0.2, -0.15) is 0 Å². The number of rotatable bonds is 2. The molecule has 0 aliphatic carbocycles. The Labute approximate surface area is 77.4 Å². The van der Waals surface area contributed by atoms with Crippen molar-refractivity contribution in [1.29, 1.82) is 0 Å². The number of hydrogen-bond donors (Lipinski definition) is 1. The van der Waals surface area contributed by atoms with E-state index in [0.29, 0.717) is 6.61 Å². The predicted molar refractivity (Wildman–Crippen MR) is 49.2 cm³/mol. The number of benzene rings is 1. The van der Waals surface area contributed by atoms with Gasteiger partial charge < -0.3 is 4.74 Å². The maximum Gasteiger partial charge on any atom is 0.123 e. The molecule has 13 heavy (non-hydrogen) atoms. The fourth-order valence-corrected chi connectivity index (χ4v) is 1.72. The lowest BCUT2D eigenvalue weighted by Crippen LogP contribution is -2.06. The van der Waals surface area contributed by atoms with Gasteiger partial charge in [0.2, 0.25) is 0 Å². The number of ether oxygens (including phenoxy) is 1. The molecule has 1 aliphatic heterocycles. The van der Waals surface area contributed by atoms with Gasteiger partial charge in [-0.15, -0.1) is 0 Å². The van der Waals surface area contributed by atoms with Gasteiger partial charge in [-0.3, -0.25) is 4.84 Å². The third kappa shape index (κ3) is 1.53. The molecule has 2 rings (SSSR count). The fourth-order valence-electron chi connectivity index (χ4n) is 1.72. The summed E-state index contributed by atoms with van der Waals surface area (Å²) in [6, 6.07) is 5.97. The standard InChI is InChI=1S/C10H13NO2/c1-7-5-9-8(6-12-11)3-2-4-10(9)13-7/h2-4,7H,5-6,11H2,1H3. The maximum absolute atomic E-state index is 5.60. The molecule has 2 N–H and O–H groups in total. The van der Waals surface area contributed by atoms with Crippen LogP contribution >= 0.6 is 0 Å². The lowest BCUT2D eigenvalue weighted by atomic mass is 10.0. The van der Waals surface area contributed by atoms with Crippen LogP contribution in [0.15, 0.2) is 18.2 Å². The molecule has 1 aromatic rings. The van der Waals surface area contributed by atoms with E-state index in [-0.39, 0.29) is 6.10 Å². The molecule has 0 radical (unpaired) electrons. The van der Waals surface area contributed by atoms with Crippen molar-refractivity contribution in [2.24, 2.45) is 5.90 Å². The van der Waals surface area contributed by atoms with Gasteiger partial charge in [-0.05, 0) is 18.6 Å². The first-order chi connectivity index (χ1) is 6.31. The number of hydrogen-bond acceptors (Lipinski definition) is 3. The third-order valence-electron chi connectivity index (χ3n) is 2.29. The first-order valence-electron chi connectivity index (χ1n) is 4.40. The van der Waals surface area contributed by atoms with Gasteiger partial charge in [0, 0.05) is 12.0 Å². The molecule has 1 aliphatic rings. The zero-order chi connectivity index (χ0) is 9.26. The van der Waals surface area contributed by atoms with E-state index in [1.165, 1.54) is 5.56 Å². The minimum Gasteiger partial charge on any atom is -0.490 e. The molecular weight excluding hydrogens is 166 g/mol. The summed E-state index contributed by atoms with van der Waals surface area (Å²) in [7, 11) is 0. The van der Waals surface area contributed by atoms with Gasteiger partial charge in [-0.1, -0.05) is 12.1 Å². The topological polar surface area (TPSA) is 44.5 Å². The van der Waals surface area contributed by atoms with Gasteiger partial charge in [-0.25, -0.2) is 5.90 Å². The Kier molecular flexibility index (Phi) is 2.20. The molecule has 0 spiro atoms. The second kappa shape index (κ2) is 3.36. The molecule has 0 saturated carbocycles. The first-order valence-corrected chi connectivity index (χ1v) is 4.40. The largest absolute Gasteiger partial charge is 0.490 e. The lowest BCUT2D eigenvalue weighted by molar-refractivity contribution is 0.123. The average molecular weight is 179 g/mol. The van der Waals surface area contributed by atoms with Gasteiger partial charge >= 0.3 is 0 Å². The SMILES string of the molecule is CC1Cc2c(CON)cccc2O1. The molecule has 1 atom stereocenters. The highest BCUT2D eigenvalue weighted by Gasteiger charge is 2.21. The molecule has 1 heterocycles. The lowest BCUT2D eigenvalue weighted by Gasteiger charge is -2.04. The molecular formula is C10H13NO2. The van der Waals surface area contributed by atoms with E-state index >= 15 is 0 Å². The molecule has 3 heteroatoms. The number of fused-ring (bicyclic) bond motifs is 1. The highest BCUT2D eigenvalue weighted by Crippen LogP contribution is 2.31. The maximum atomic E-state index is 5.60. The fraction of sp³-hybridized carbons (Fsp3) is 0.400. The van der Waals surface area contributed by atoms with Crippen LogP contribution in [0.5, 0.6) is 5.75 Å². The van der Waals surface area contributed by atoms with E-state index in [1.54, 1.807) is 0 Å². The van der Waals surface area contributed by atoms with Crippen LogP contribution in [0.4, 0.5) is 0 Å². The van der Waals surface area contributed by atoms with Crippen molar-refractivity contribution in [3.8, 4) is 5.75 Å². The van der Waals surface area contributed by atoms with E-state index in [4.69, 9.17) is 10.6 Å². The zero-order valence-corrected chi connectivity index (χ0v) is 7.62. The Balaban J connectivity index is 2.34. The van der Waals surface area contributed by atoms with Crippen LogP contribution < -0.4 is 10.6 Å². The summed E-state index contributed by atoms with van der Waals surface area (Å²) >= 11 is 0. The second-order valence-corrected chi connectivity index (χ2v) is 3.34. The Morgan fingerprint density at radius 3 is 3.23 bits per heavy atom. The van der Waals surface area contributed by atoms with Crippen molar-refractivity contribution in [3.05, 3.63) is 29.3 Å². The van der Waals surface area contributed by atoms with Crippen LogP contribution in [0.3, 0.4) is 0 Å². The van der Waals surface area contributed by atoms with Crippen molar-refractivity contribution in [2.75, 3.05) is 0 Å². The summed E-state index contributed by atoms with van der Waals surface area (Å²) < 4.78 is 5.60. The van der Waals surface area contributed by atoms with Gasteiger partial charge in [0.15, 0.2) is 0 Å². The summed E-state index contributed by atoms with van der Waals surface area (Å²) in [6.07, 6.45) is 1.23. The molecule has 1 aromatic carbocycles. The normalized spacial score (nSPS) is 19.7. The Bertz CT molecular complexity index is 312. The van der Waals surface area contributed by atoms with Crippen molar-refractivity contribution >= 4 is 0 Å². The summed E-state index contributed by atoms with van der Waals surface area (Å²) in [5.74, 6) is 6.02. The van der Waals surface area contributed by atoms with Crippen molar-refractivity contribution in [3.63, 3.8) is 0 Å². The van der Waals surface area contributed by atoms with Crippen LogP contribution in [-0.4, -0.2) is 6.10 Å². The molecule has 70 valence electrons. The van der Waals surface area contributed by atoms with Crippen LogP contribution in [-0.2, 0) is 17.9 Å². The van der Waals surface area contributed by atoms with Crippen molar-refractivity contribution in [1.82, 2.24) is 0 Å². The van der Waals surface area contributed by atoms with Crippen LogP contribution in [0.1, 0.15) is 18.1 Å². The molecule has 0 saturated heterocycles. The Morgan fingerprint density at radius 1 is 1.62 bits per heavy atom. The molecule has 0 amide bonds. The van der Waals surface area contributed by atoms with E-state index in [1.807, 2.05) is 18.2 Å². The molecule has 0 fully saturated rings. The first kappa shape index (κ1) is 8.53. The smallest absolute Gasteiger partial charge is 0.123 e. The predicted octanol–water partition coefficient (Wildman–Crippen LogP) is 1.40. The third-order valence-corrected chi connectivity index (χ3v) is 2.29. The summed E-state index contributed by atoms with van der Waals surface area (Å²) in [5, 5.41) is 0. The van der Waals surface area contributed by atoms with Gasteiger partial charge in [0.25, 0.3) is 0 Å². The minimum absolute atomic E-state index is 0.272. The Hall–Kier alpha value is -1.06. The molecule has 0 aromatic heterocycles. The van der Waals surface area contributed by atoms with E-state index in [2.05, 4.69) is 11.8 Å². The monoisotopic (exact) mass is 179 g/mol. The summed E-state index contributed by atoms with van der Waals surface area (Å²) in [6.45, 7) is 2.52.